The number of pyridine rings is 1. The lowest BCUT2D eigenvalue weighted by atomic mass is 10.1. The third kappa shape index (κ3) is 4.07. The lowest BCUT2D eigenvalue weighted by molar-refractivity contribution is 0.0573. The largest absolute Gasteiger partial charge is 0.419 e. The molecule has 29 heavy (non-hydrogen) atoms. The third-order valence-corrected chi connectivity index (χ3v) is 5.15. The Kier molecular flexibility index (Phi) is 5.45. The van der Waals surface area contributed by atoms with Crippen molar-refractivity contribution in [1.29, 1.82) is 0 Å². The topological polar surface area (TPSA) is 69.2 Å². The molecule has 1 aliphatic carbocycles. The molecule has 6 nitrogen and oxygen atoms in total. The first-order chi connectivity index (χ1) is 14.0. The molecule has 2 heterocycles. The van der Waals surface area contributed by atoms with Crippen LogP contribution in [0.15, 0.2) is 42.6 Å². The second-order valence-electron chi connectivity index (χ2n) is 7.34. The Bertz CT molecular complexity index is 1020. The maximum absolute atomic E-state index is 6.01. The molecule has 0 saturated carbocycles. The van der Waals surface area contributed by atoms with Gasteiger partial charge in [-0.05, 0) is 50.5 Å². The molecule has 0 aliphatic heterocycles. The van der Waals surface area contributed by atoms with Gasteiger partial charge >= 0.3 is 0 Å². The molecule has 1 aromatic carbocycles. The van der Waals surface area contributed by atoms with Crippen LogP contribution in [-0.4, -0.2) is 27.7 Å². The Hall–Kier alpha value is -2.99. The minimum Gasteiger partial charge on any atom is -0.419 e. The van der Waals surface area contributed by atoms with Crippen LogP contribution in [0.5, 0.6) is 11.8 Å². The molecule has 1 aliphatic rings. The van der Waals surface area contributed by atoms with Gasteiger partial charge in [0.1, 0.15) is 11.5 Å². The predicted octanol–water partition coefficient (Wildman–Crippen LogP) is 4.70. The number of benzene rings is 1. The predicted molar refractivity (Wildman–Crippen MR) is 112 cm³/mol. The highest BCUT2D eigenvalue weighted by atomic mass is 16.5. The van der Waals surface area contributed by atoms with Crippen LogP contribution in [0.3, 0.4) is 0 Å². The molecule has 2 aromatic heterocycles. The standard InChI is InChI=1S/C23H26N4O2/c1-5-28-19-13-17-8-6-7-9-18(17)21(19)27-22-15(3)26-23(16(4)25-22)29-20-12-14(2)10-11-24-20/h6-12,19,21H,5,13H2,1-4H3,(H,25,27)/t19-,21+/m0/s1. The van der Waals surface area contributed by atoms with Gasteiger partial charge in [-0.3, -0.25) is 0 Å². The van der Waals surface area contributed by atoms with Gasteiger partial charge in [0.15, 0.2) is 0 Å². The molecule has 1 N–H and O–H groups in total. The van der Waals surface area contributed by atoms with E-state index in [1.54, 1.807) is 6.20 Å². The van der Waals surface area contributed by atoms with E-state index in [0.29, 0.717) is 24.1 Å². The minimum atomic E-state index is 0.0451. The van der Waals surface area contributed by atoms with Gasteiger partial charge in [0, 0.05) is 25.3 Å². The number of rotatable bonds is 6. The van der Waals surface area contributed by atoms with E-state index >= 15 is 0 Å². The summed E-state index contributed by atoms with van der Waals surface area (Å²) in [6.07, 6.45) is 2.70. The Morgan fingerprint density at radius 3 is 2.69 bits per heavy atom. The van der Waals surface area contributed by atoms with Gasteiger partial charge < -0.3 is 14.8 Å². The number of anilines is 1. The average Bonchev–Trinajstić information content (AvgIpc) is 3.03. The van der Waals surface area contributed by atoms with Crippen molar-refractivity contribution in [1.82, 2.24) is 15.0 Å². The summed E-state index contributed by atoms with van der Waals surface area (Å²) in [7, 11) is 0. The van der Waals surface area contributed by atoms with Crippen molar-refractivity contribution < 1.29 is 9.47 Å². The summed E-state index contributed by atoms with van der Waals surface area (Å²) in [4.78, 5) is 13.6. The smallest absolute Gasteiger partial charge is 0.243 e. The Balaban J connectivity index is 1.60. The molecular weight excluding hydrogens is 364 g/mol. The lowest BCUT2D eigenvalue weighted by Gasteiger charge is -2.23. The van der Waals surface area contributed by atoms with Crippen LogP contribution in [-0.2, 0) is 11.2 Å². The van der Waals surface area contributed by atoms with E-state index < -0.39 is 0 Å². The summed E-state index contributed by atoms with van der Waals surface area (Å²) >= 11 is 0. The summed E-state index contributed by atoms with van der Waals surface area (Å²) in [5.74, 6) is 1.74. The Morgan fingerprint density at radius 1 is 1.07 bits per heavy atom. The zero-order valence-corrected chi connectivity index (χ0v) is 17.3. The number of aromatic nitrogens is 3. The lowest BCUT2D eigenvalue weighted by Crippen LogP contribution is -2.25. The van der Waals surface area contributed by atoms with Gasteiger partial charge in [-0.15, -0.1) is 0 Å². The molecule has 6 heteroatoms. The summed E-state index contributed by atoms with van der Waals surface area (Å²) in [6.45, 7) is 8.53. The second-order valence-corrected chi connectivity index (χ2v) is 7.34. The molecular formula is C23H26N4O2. The quantitative estimate of drug-likeness (QED) is 0.658. The number of ether oxygens (including phenoxy) is 2. The Labute approximate surface area is 171 Å². The van der Waals surface area contributed by atoms with Crippen molar-refractivity contribution in [3.05, 3.63) is 70.7 Å². The summed E-state index contributed by atoms with van der Waals surface area (Å²) in [5, 5.41) is 3.57. The molecule has 0 bridgehead atoms. The molecule has 150 valence electrons. The SMILES string of the molecule is CCO[C@H]1Cc2ccccc2[C@H]1Nc1nc(C)c(Oc2cc(C)ccn2)nc1C. The van der Waals surface area contributed by atoms with Gasteiger partial charge in [-0.2, -0.15) is 0 Å². The van der Waals surface area contributed by atoms with Gasteiger partial charge in [-0.25, -0.2) is 15.0 Å². The normalized spacial score (nSPS) is 17.8. The third-order valence-electron chi connectivity index (χ3n) is 5.15. The van der Waals surface area contributed by atoms with Crippen molar-refractivity contribution in [2.45, 2.75) is 46.3 Å². The average molecular weight is 390 g/mol. The van der Waals surface area contributed by atoms with E-state index in [2.05, 4.69) is 39.6 Å². The first-order valence-electron chi connectivity index (χ1n) is 9.97. The maximum Gasteiger partial charge on any atom is 0.243 e. The molecule has 0 fully saturated rings. The van der Waals surface area contributed by atoms with Gasteiger partial charge in [0.2, 0.25) is 11.8 Å². The zero-order chi connectivity index (χ0) is 20.4. The van der Waals surface area contributed by atoms with Crippen molar-refractivity contribution in [2.75, 3.05) is 11.9 Å². The fourth-order valence-electron chi connectivity index (χ4n) is 3.72. The second kappa shape index (κ2) is 8.17. The molecule has 4 rings (SSSR count). The molecule has 0 saturated heterocycles. The van der Waals surface area contributed by atoms with Crippen LogP contribution in [0.4, 0.5) is 5.82 Å². The molecule has 3 aromatic rings. The molecule has 0 spiro atoms. The highest BCUT2D eigenvalue weighted by Gasteiger charge is 2.33. The fourth-order valence-corrected chi connectivity index (χ4v) is 3.72. The van der Waals surface area contributed by atoms with Gasteiger partial charge in [0.05, 0.1) is 17.8 Å². The van der Waals surface area contributed by atoms with E-state index in [4.69, 9.17) is 14.5 Å². The van der Waals surface area contributed by atoms with Crippen molar-refractivity contribution in [2.24, 2.45) is 0 Å². The number of hydrogen-bond donors (Lipinski definition) is 1. The number of hydrogen-bond acceptors (Lipinski definition) is 6. The summed E-state index contributed by atoms with van der Waals surface area (Å²) < 4.78 is 11.9. The number of nitrogens with one attached hydrogen (secondary N) is 1. The van der Waals surface area contributed by atoms with E-state index in [-0.39, 0.29) is 12.1 Å². The maximum atomic E-state index is 6.01. The van der Waals surface area contributed by atoms with Crippen LogP contribution in [0.1, 0.15) is 41.0 Å². The van der Waals surface area contributed by atoms with Crippen LogP contribution < -0.4 is 10.1 Å². The Morgan fingerprint density at radius 2 is 1.90 bits per heavy atom. The molecule has 2 atom stereocenters. The van der Waals surface area contributed by atoms with Crippen LogP contribution in [0.2, 0.25) is 0 Å². The van der Waals surface area contributed by atoms with Crippen LogP contribution >= 0.6 is 0 Å². The van der Waals surface area contributed by atoms with E-state index in [9.17, 15) is 0 Å². The monoisotopic (exact) mass is 390 g/mol. The highest BCUT2D eigenvalue weighted by molar-refractivity contribution is 5.49. The number of nitrogens with zero attached hydrogens (tertiary/aromatic N) is 3. The minimum absolute atomic E-state index is 0.0451. The van der Waals surface area contributed by atoms with Gasteiger partial charge in [0.25, 0.3) is 0 Å². The van der Waals surface area contributed by atoms with E-state index in [1.165, 1.54) is 11.1 Å². The van der Waals surface area contributed by atoms with Crippen molar-refractivity contribution in [3.8, 4) is 11.8 Å². The molecule has 0 amide bonds. The van der Waals surface area contributed by atoms with Crippen LogP contribution in [0, 0.1) is 20.8 Å². The summed E-state index contributed by atoms with van der Waals surface area (Å²) in [6, 6.07) is 12.3. The van der Waals surface area contributed by atoms with E-state index in [1.807, 2.05) is 39.8 Å². The fraction of sp³-hybridized carbons (Fsp3) is 0.348. The first-order valence-corrected chi connectivity index (χ1v) is 9.97. The van der Waals surface area contributed by atoms with E-state index in [0.717, 1.165) is 23.5 Å². The number of fused-ring (bicyclic) bond motifs is 1. The first kappa shape index (κ1) is 19.3. The summed E-state index contributed by atoms with van der Waals surface area (Å²) in [5.41, 5.74) is 5.14. The van der Waals surface area contributed by atoms with Crippen molar-refractivity contribution >= 4 is 5.82 Å². The van der Waals surface area contributed by atoms with Crippen molar-refractivity contribution in [3.63, 3.8) is 0 Å². The zero-order valence-electron chi connectivity index (χ0n) is 17.3. The molecule has 0 unspecified atom stereocenters. The van der Waals surface area contributed by atoms with Gasteiger partial charge in [-0.1, -0.05) is 24.3 Å². The number of aryl methyl sites for hydroxylation is 3. The highest BCUT2D eigenvalue weighted by Crippen LogP contribution is 2.36. The molecule has 0 radical (unpaired) electrons. The van der Waals surface area contributed by atoms with Crippen LogP contribution in [0.25, 0.3) is 0 Å².